The van der Waals surface area contributed by atoms with E-state index in [9.17, 15) is 0 Å². The zero-order valence-electron chi connectivity index (χ0n) is 7.01. The molecule has 1 rings (SSSR count). The Morgan fingerprint density at radius 2 is 2.08 bits per heavy atom. The fourth-order valence-corrected chi connectivity index (χ4v) is 1.30. The van der Waals surface area contributed by atoms with Gasteiger partial charge in [0.25, 0.3) is 0 Å². The van der Waals surface area contributed by atoms with Crippen LogP contribution in [0.2, 0.25) is 10.0 Å². The maximum atomic E-state index is 8.75. The van der Waals surface area contributed by atoms with E-state index in [-0.39, 0.29) is 6.04 Å². The van der Waals surface area contributed by atoms with E-state index in [0.717, 1.165) is 5.56 Å². The first-order valence-corrected chi connectivity index (χ1v) is 4.46. The van der Waals surface area contributed by atoms with Crippen LogP contribution in [0.3, 0.4) is 0 Å². The van der Waals surface area contributed by atoms with Gasteiger partial charge in [-0.1, -0.05) is 29.3 Å². The Labute approximate surface area is 87.1 Å². The fourth-order valence-electron chi connectivity index (χ4n) is 0.998. The third kappa shape index (κ3) is 2.35. The van der Waals surface area contributed by atoms with Crippen LogP contribution in [0.15, 0.2) is 18.2 Å². The summed E-state index contributed by atoms with van der Waals surface area (Å²) in [4.78, 5) is 0. The number of nitriles is 1. The van der Waals surface area contributed by atoms with Crippen molar-refractivity contribution in [1.82, 2.24) is 5.32 Å². The Morgan fingerprint density at radius 1 is 1.38 bits per heavy atom. The maximum Gasteiger partial charge on any atom is 0.121 e. The van der Waals surface area contributed by atoms with E-state index in [1.54, 1.807) is 25.2 Å². The van der Waals surface area contributed by atoms with Crippen molar-refractivity contribution in [3.63, 3.8) is 0 Å². The Morgan fingerprint density at radius 3 is 2.54 bits per heavy atom. The number of benzene rings is 1. The second kappa shape index (κ2) is 4.48. The van der Waals surface area contributed by atoms with Crippen LogP contribution >= 0.6 is 23.2 Å². The van der Waals surface area contributed by atoms with E-state index in [2.05, 4.69) is 11.4 Å². The van der Waals surface area contributed by atoms with Crippen molar-refractivity contribution in [2.45, 2.75) is 6.04 Å². The number of nitrogens with one attached hydrogen (secondary N) is 1. The molecule has 1 aromatic rings. The average Bonchev–Trinajstić information content (AvgIpc) is 2.13. The van der Waals surface area contributed by atoms with Crippen LogP contribution in [-0.2, 0) is 0 Å². The van der Waals surface area contributed by atoms with Gasteiger partial charge in [-0.05, 0) is 24.7 Å². The molecule has 0 radical (unpaired) electrons. The minimum atomic E-state index is -0.338. The van der Waals surface area contributed by atoms with E-state index < -0.39 is 0 Å². The van der Waals surface area contributed by atoms with Gasteiger partial charge in [-0.3, -0.25) is 0 Å². The number of nitrogens with zero attached hydrogens (tertiary/aromatic N) is 1. The minimum Gasteiger partial charge on any atom is -0.301 e. The molecule has 0 saturated heterocycles. The van der Waals surface area contributed by atoms with Gasteiger partial charge in [0.05, 0.1) is 16.1 Å². The van der Waals surface area contributed by atoms with Crippen LogP contribution < -0.4 is 5.32 Å². The molecule has 0 saturated carbocycles. The summed E-state index contributed by atoms with van der Waals surface area (Å²) in [6.07, 6.45) is 0. The molecule has 0 aromatic heterocycles. The van der Waals surface area contributed by atoms with Crippen molar-refractivity contribution in [2.75, 3.05) is 7.05 Å². The van der Waals surface area contributed by atoms with Crippen molar-refractivity contribution in [1.29, 1.82) is 5.26 Å². The van der Waals surface area contributed by atoms with E-state index in [1.807, 2.05) is 0 Å². The highest BCUT2D eigenvalue weighted by atomic mass is 35.5. The molecule has 0 aliphatic rings. The summed E-state index contributed by atoms with van der Waals surface area (Å²) in [7, 11) is 1.72. The molecule has 1 unspecified atom stereocenters. The topological polar surface area (TPSA) is 35.8 Å². The summed E-state index contributed by atoms with van der Waals surface area (Å²) in [6.45, 7) is 0. The number of hydrogen-bond acceptors (Lipinski definition) is 2. The second-order valence-corrected chi connectivity index (χ2v) is 3.34. The average molecular weight is 215 g/mol. The molecule has 0 aliphatic carbocycles. The van der Waals surface area contributed by atoms with Crippen molar-refractivity contribution < 1.29 is 0 Å². The van der Waals surface area contributed by atoms with Gasteiger partial charge < -0.3 is 5.32 Å². The van der Waals surface area contributed by atoms with Crippen molar-refractivity contribution in [2.24, 2.45) is 0 Å². The summed E-state index contributed by atoms with van der Waals surface area (Å²) in [6, 6.07) is 6.91. The zero-order chi connectivity index (χ0) is 9.84. The van der Waals surface area contributed by atoms with E-state index in [1.165, 1.54) is 0 Å². The molecule has 1 aromatic carbocycles. The normalized spacial score (nSPS) is 12.2. The number of hydrogen-bond donors (Lipinski definition) is 1. The lowest BCUT2D eigenvalue weighted by Gasteiger charge is -2.08. The lowest BCUT2D eigenvalue weighted by atomic mass is 10.1. The molecule has 0 bridgehead atoms. The summed E-state index contributed by atoms with van der Waals surface area (Å²) in [5.41, 5.74) is 0.819. The first kappa shape index (κ1) is 10.3. The van der Waals surface area contributed by atoms with Gasteiger partial charge in [-0.25, -0.2) is 0 Å². The Kier molecular flexibility index (Phi) is 3.56. The largest absolute Gasteiger partial charge is 0.301 e. The first-order chi connectivity index (χ1) is 6.19. The quantitative estimate of drug-likeness (QED) is 0.823. The smallest absolute Gasteiger partial charge is 0.121 e. The van der Waals surface area contributed by atoms with Gasteiger partial charge in [0, 0.05) is 0 Å². The molecule has 0 spiro atoms. The first-order valence-electron chi connectivity index (χ1n) is 3.71. The molecule has 1 atom stereocenters. The molecule has 13 heavy (non-hydrogen) atoms. The molecule has 4 heteroatoms. The third-order valence-electron chi connectivity index (χ3n) is 1.69. The SMILES string of the molecule is CNC(C#N)c1ccc(Cl)c(Cl)c1. The minimum absolute atomic E-state index is 0.338. The monoisotopic (exact) mass is 214 g/mol. The molecule has 0 heterocycles. The van der Waals surface area contributed by atoms with Crippen LogP contribution in [-0.4, -0.2) is 7.05 Å². The third-order valence-corrected chi connectivity index (χ3v) is 2.43. The van der Waals surface area contributed by atoms with Crippen LogP contribution in [0.1, 0.15) is 11.6 Å². The predicted octanol–water partition coefficient (Wildman–Crippen LogP) is 2.78. The molecule has 68 valence electrons. The van der Waals surface area contributed by atoms with E-state index in [4.69, 9.17) is 28.5 Å². The summed E-state index contributed by atoms with van der Waals surface area (Å²) < 4.78 is 0. The summed E-state index contributed by atoms with van der Waals surface area (Å²) in [5, 5.41) is 12.6. The van der Waals surface area contributed by atoms with Gasteiger partial charge >= 0.3 is 0 Å². The molecular weight excluding hydrogens is 207 g/mol. The Hall–Kier alpha value is -0.750. The molecule has 0 fully saturated rings. The molecule has 1 N–H and O–H groups in total. The molecule has 2 nitrogen and oxygen atoms in total. The number of halogens is 2. The highest BCUT2D eigenvalue weighted by Gasteiger charge is 2.08. The molecule has 0 aliphatic heterocycles. The van der Waals surface area contributed by atoms with Gasteiger partial charge in [0.2, 0.25) is 0 Å². The summed E-state index contributed by atoms with van der Waals surface area (Å²) in [5.74, 6) is 0. The van der Waals surface area contributed by atoms with Crippen LogP contribution in [0, 0.1) is 11.3 Å². The van der Waals surface area contributed by atoms with Gasteiger partial charge in [0.15, 0.2) is 0 Å². The predicted molar refractivity (Wildman–Crippen MR) is 53.9 cm³/mol. The van der Waals surface area contributed by atoms with Crippen molar-refractivity contribution >= 4 is 23.2 Å². The van der Waals surface area contributed by atoms with Crippen LogP contribution in [0.5, 0.6) is 0 Å². The van der Waals surface area contributed by atoms with E-state index >= 15 is 0 Å². The van der Waals surface area contributed by atoms with Crippen LogP contribution in [0.25, 0.3) is 0 Å². The Bertz CT molecular complexity index is 344. The lowest BCUT2D eigenvalue weighted by molar-refractivity contribution is 0.727. The maximum absolute atomic E-state index is 8.75. The zero-order valence-corrected chi connectivity index (χ0v) is 8.52. The van der Waals surface area contributed by atoms with E-state index in [0.29, 0.717) is 10.0 Å². The fraction of sp³-hybridized carbons (Fsp3) is 0.222. The van der Waals surface area contributed by atoms with Gasteiger partial charge in [-0.2, -0.15) is 5.26 Å². The molecule has 0 amide bonds. The van der Waals surface area contributed by atoms with Crippen LogP contribution in [0.4, 0.5) is 0 Å². The highest BCUT2D eigenvalue weighted by molar-refractivity contribution is 6.42. The summed E-state index contributed by atoms with van der Waals surface area (Å²) >= 11 is 11.5. The molecular formula is C9H8Cl2N2. The highest BCUT2D eigenvalue weighted by Crippen LogP contribution is 2.25. The second-order valence-electron chi connectivity index (χ2n) is 2.52. The van der Waals surface area contributed by atoms with Crippen molar-refractivity contribution in [3.8, 4) is 6.07 Å². The standard InChI is InChI=1S/C9H8Cl2N2/c1-13-9(5-12)6-2-3-7(10)8(11)4-6/h2-4,9,13H,1H3. The number of rotatable bonds is 2. The van der Waals surface area contributed by atoms with Gasteiger partial charge in [-0.15, -0.1) is 0 Å². The van der Waals surface area contributed by atoms with Gasteiger partial charge in [0.1, 0.15) is 6.04 Å². The van der Waals surface area contributed by atoms with Crippen molar-refractivity contribution in [3.05, 3.63) is 33.8 Å². The Balaban J connectivity index is 3.04. The lowest BCUT2D eigenvalue weighted by Crippen LogP contribution is -2.13.